The molecular formula is C13H29NNa2O. The van der Waals surface area contributed by atoms with Crippen LogP contribution < -0.4 is 64.8 Å². The number of Topliss-reactive ketones (excluding diaryl/α,β-unsaturated/α-hetero) is 1. The van der Waals surface area contributed by atoms with E-state index in [1.54, 1.807) is 6.92 Å². The third kappa shape index (κ3) is 17.6. The largest absolute Gasteiger partial charge is 1.00 e. The van der Waals surface area contributed by atoms with Crippen molar-refractivity contribution in [3.8, 4) is 0 Å². The fourth-order valence-electron chi connectivity index (χ4n) is 1.66. The fraction of sp³-hybridized carbons (Fsp3) is 0.923. The van der Waals surface area contributed by atoms with Crippen molar-refractivity contribution in [3.05, 3.63) is 0 Å². The maximum atomic E-state index is 11.2. The molecule has 0 aromatic rings. The molecule has 2 nitrogen and oxygen atoms in total. The van der Waals surface area contributed by atoms with Crippen molar-refractivity contribution < 1.29 is 66.8 Å². The van der Waals surface area contributed by atoms with Gasteiger partial charge in [0, 0.05) is 6.42 Å². The Morgan fingerprint density at radius 3 is 1.82 bits per heavy atom. The number of carbonyl (C=O) groups excluding carboxylic acids is 1. The summed E-state index contributed by atoms with van der Waals surface area (Å²) in [5.74, 6) is 0.209. The van der Waals surface area contributed by atoms with E-state index in [1.165, 1.54) is 44.9 Å². The number of ketones is 1. The zero-order chi connectivity index (χ0) is 11.5. The quantitative estimate of drug-likeness (QED) is 0.354. The number of carbonyl (C=O) groups is 1. The first-order valence-electron chi connectivity index (χ1n) is 6.46. The normalized spacial score (nSPS) is 11.2. The third-order valence-electron chi connectivity index (χ3n) is 2.78. The van der Waals surface area contributed by atoms with Gasteiger partial charge in [0.1, 0.15) is 5.78 Å². The van der Waals surface area contributed by atoms with Gasteiger partial charge in [-0.2, -0.15) is 0 Å². The minimum absolute atomic E-state index is 0. The van der Waals surface area contributed by atoms with Crippen LogP contribution in [0.15, 0.2) is 0 Å². The number of unbranched alkanes of at least 4 members (excludes halogenated alkanes) is 7. The number of hydrogen-bond acceptors (Lipinski definition) is 2. The van der Waals surface area contributed by atoms with Gasteiger partial charge in [-0.25, -0.2) is 0 Å². The van der Waals surface area contributed by atoms with Crippen LogP contribution in [0, 0.1) is 0 Å². The van der Waals surface area contributed by atoms with Gasteiger partial charge >= 0.3 is 59.1 Å². The molecule has 4 heteroatoms. The Morgan fingerprint density at radius 1 is 1.00 bits per heavy atom. The number of nitrogens with two attached hydrogens (primary N) is 1. The molecule has 0 amide bonds. The Labute approximate surface area is 154 Å². The SMILES string of the molecule is CCCCCCCCCCC(=O)C(C)N.[H-].[H-].[Na+].[Na+]. The number of hydrogen-bond donors (Lipinski definition) is 1. The Balaban J connectivity index is -0.000000163. The second kappa shape index (κ2) is 17.6. The summed E-state index contributed by atoms with van der Waals surface area (Å²) < 4.78 is 0. The molecule has 0 aromatic carbocycles. The smallest absolute Gasteiger partial charge is 1.00 e. The van der Waals surface area contributed by atoms with Gasteiger partial charge in [-0.1, -0.05) is 51.9 Å². The maximum Gasteiger partial charge on any atom is 1.00 e. The second-order valence-electron chi connectivity index (χ2n) is 4.48. The molecule has 0 fully saturated rings. The molecule has 0 aliphatic heterocycles. The molecule has 0 aliphatic carbocycles. The molecule has 0 aromatic heterocycles. The molecule has 1 unspecified atom stereocenters. The van der Waals surface area contributed by atoms with E-state index in [0.717, 1.165) is 6.42 Å². The molecular weight excluding hydrogens is 232 g/mol. The molecule has 0 radical (unpaired) electrons. The molecule has 0 bridgehead atoms. The Hall–Kier alpha value is 1.63. The Bertz CT molecular complexity index is 173. The third-order valence-corrected chi connectivity index (χ3v) is 2.78. The van der Waals surface area contributed by atoms with Gasteiger partial charge in [-0.3, -0.25) is 4.79 Å². The molecule has 0 heterocycles. The van der Waals surface area contributed by atoms with Crippen LogP contribution in [0.2, 0.25) is 0 Å². The van der Waals surface area contributed by atoms with E-state index in [-0.39, 0.29) is 73.8 Å². The first-order valence-corrected chi connectivity index (χ1v) is 6.46. The van der Waals surface area contributed by atoms with Gasteiger partial charge in [0.05, 0.1) is 6.04 Å². The predicted molar refractivity (Wildman–Crippen MR) is 68.1 cm³/mol. The fourth-order valence-corrected chi connectivity index (χ4v) is 1.66. The molecule has 0 spiro atoms. The second-order valence-corrected chi connectivity index (χ2v) is 4.48. The van der Waals surface area contributed by atoms with E-state index in [2.05, 4.69) is 6.92 Å². The number of rotatable bonds is 10. The first kappa shape index (κ1) is 23.7. The summed E-state index contributed by atoms with van der Waals surface area (Å²) >= 11 is 0. The maximum absolute atomic E-state index is 11.2. The Morgan fingerprint density at radius 2 is 1.41 bits per heavy atom. The van der Waals surface area contributed by atoms with Crippen LogP contribution in [0.1, 0.15) is 74.5 Å². The van der Waals surface area contributed by atoms with Gasteiger partial charge in [0.25, 0.3) is 0 Å². The van der Waals surface area contributed by atoms with E-state index in [0.29, 0.717) is 6.42 Å². The van der Waals surface area contributed by atoms with E-state index in [9.17, 15) is 4.79 Å². The predicted octanol–water partition coefficient (Wildman–Crippen LogP) is -2.33. The molecule has 17 heavy (non-hydrogen) atoms. The monoisotopic (exact) mass is 261 g/mol. The molecule has 2 N–H and O–H groups in total. The van der Waals surface area contributed by atoms with Crippen LogP contribution in [0.4, 0.5) is 0 Å². The van der Waals surface area contributed by atoms with Crippen molar-refractivity contribution in [1.82, 2.24) is 0 Å². The van der Waals surface area contributed by atoms with Gasteiger partial charge in [-0.05, 0) is 13.3 Å². The summed E-state index contributed by atoms with van der Waals surface area (Å²) in [5, 5.41) is 0. The Kier molecular flexibility index (Phi) is 24.6. The summed E-state index contributed by atoms with van der Waals surface area (Å²) in [6.45, 7) is 4.01. The summed E-state index contributed by atoms with van der Waals surface area (Å²) in [7, 11) is 0. The molecule has 0 rings (SSSR count). The zero-order valence-electron chi connectivity index (χ0n) is 14.4. The van der Waals surface area contributed by atoms with E-state index in [1.807, 2.05) is 0 Å². The topological polar surface area (TPSA) is 43.1 Å². The van der Waals surface area contributed by atoms with Crippen molar-refractivity contribution in [3.63, 3.8) is 0 Å². The van der Waals surface area contributed by atoms with Crippen molar-refractivity contribution >= 4 is 5.78 Å². The summed E-state index contributed by atoms with van der Waals surface area (Å²) in [6, 6.07) is -0.269. The van der Waals surface area contributed by atoms with Crippen molar-refractivity contribution in [2.45, 2.75) is 77.7 Å². The standard InChI is InChI=1S/C13H27NO.2Na.2H/c1-3-4-5-6-7-8-9-10-11-13(15)12(2)14;;;;/h12H,3-11,14H2,1-2H3;;;;/q;2*+1;2*-1. The van der Waals surface area contributed by atoms with E-state index in [4.69, 9.17) is 5.73 Å². The summed E-state index contributed by atoms with van der Waals surface area (Å²) in [6.07, 6.45) is 10.9. The van der Waals surface area contributed by atoms with E-state index >= 15 is 0 Å². The van der Waals surface area contributed by atoms with Crippen LogP contribution in [-0.4, -0.2) is 11.8 Å². The summed E-state index contributed by atoms with van der Waals surface area (Å²) in [5.41, 5.74) is 5.48. The molecule has 1 atom stereocenters. The van der Waals surface area contributed by atoms with Gasteiger partial charge in [0.2, 0.25) is 0 Å². The van der Waals surface area contributed by atoms with Gasteiger partial charge in [0.15, 0.2) is 0 Å². The van der Waals surface area contributed by atoms with Crippen LogP contribution in [0.3, 0.4) is 0 Å². The average Bonchev–Trinajstić information content (AvgIpc) is 2.21. The van der Waals surface area contributed by atoms with Crippen molar-refractivity contribution in [2.75, 3.05) is 0 Å². The van der Waals surface area contributed by atoms with Crippen LogP contribution in [-0.2, 0) is 4.79 Å². The van der Waals surface area contributed by atoms with Crippen LogP contribution in [0.5, 0.6) is 0 Å². The molecule has 0 aliphatic rings. The zero-order valence-corrected chi connectivity index (χ0v) is 16.4. The van der Waals surface area contributed by atoms with Crippen LogP contribution in [0.25, 0.3) is 0 Å². The molecule has 0 saturated heterocycles. The van der Waals surface area contributed by atoms with Gasteiger partial charge < -0.3 is 8.59 Å². The van der Waals surface area contributed by atoms with Crippen LogP contribution >= 0.6 is 0 Å². The van der Waals surface area contributed by atoms with E-state index < -0.39 is 0 Å². The minimum atomic E-state index is -0.269. The average molecular weight is 261 g/mol. The van der Waals surface area contributed by atoms with Gasteiger partial charge in [-0.15, -0.1) is 0 Å². The van der Waals surface area contributed by atoms with Crippen molar-refractivity contribution in [2.24, 2.45) is 5.73 Å². The molecule has 94 valence electrons. The molecule has 0 saturated carbocycles. The summed E-state index contributed by atoms with van der Waals surface area (Å²) in [4.78, 5) is 11.2. The minimum Gasteiger partial charge on any atom is -1.00 e. The first-order chi connectivity index (χ1) is 7.18. The van der Waals surface area contributed by atoms with Crippen molar-refractivity contribution in [1.29, 1.82) is 0 Å².